The summed E-state index contributed by atoms with van der Waals surface area (Å²) < 4.78 is 43.7. The summed E-state index contributed by atoms with van der Waals surface area (Å²) in [5.41, 5.74) is -1.34. The van der Waals surface area contributed by atoms with Gasteiger partial charge in [-0.05, 0) is 18.2 Å². The van der Waals surface area contributed by atoms with E-state index in [0.717, 1.165) is 10.6 Å². The van der Waals surface area contributed by atoms with Crippen molar-refractivity contribution in [3.05, 3.63) is 69.1 Å². The molecule has 0 aliphatic carbocycles. The SMILES string of the molecule is CN1/C(=C(\C#N)C(=O)COC(=O)Cn2cc(C(F)(F)F)ccc2=O)Sc2ccccc21. The summed E-state index contributed by atoms with van der Waals surface area (Å²) in [6.45, 7) is -1.60. The van der Waals surface area contributed by atoms with E-state index >= 15 is 0 Å². The molecule has 31 heavy (non-hydrogen) atoms. The van der Waals surface area contributed by atoms with Crippen LogP contribution in [0.3, 0.4) is 0 Å². The van der Waals surface area contributed by atoms with Gasteiger partial charge in [0.05, 0.1) is 11.3 Å². The van der Waals surface area contributed by atoms with Gasteiger partial charge < -0.3 is 14.2 Å². The van der Waals surface area contributed by atoms with E-state index in [1.807, 2.05) is 30.3 Å². The second-order valence-corrected chi connectivity index (χ2v) is 7.42. The fraction of sp³-hybridized carbons (Fsp3) is 0.200. The highest BCUT2D eigenvalue weighted by molar-refractivity contribution is 8.03. The smallest absolute Gasteiger partial charge is 0.417 e. The average Bonchev–Trinajstić information content (AvgIpc) is 3.04. The van der Waals surface area contributed by atoms with Crippen LogP contribution in [0, 0.1) is 11.3 Å². The Kier molecular flexibility index (Phi) is 6.21. The number of carbonyl (C=O) groups is 2. The summed E-state index contributed by atoms with van der Waals surface area (Å²) in [6.07, 6.45) is -4.19. The molecule has 0 fully saturated rings. The Labute approximate surface area is 178 Å². The van der Waals surface area contributed by atoms with Crippen LogP contribution >= 0.6 is 11.8 Å². The van der Waals surface area contributed by atoms with Crippen LogP contribution in [0.5, 0.6) is 0 Å². The molecule has 1 aromatic carbocycles. The number of carbonyl (C=O) groups excluding carboxylic acids is 2. The van der Waals surface area contributed by atoms with Gasteiger partial charge in [-0.1, -0.05) is 23.9 Å². The summed E-state index contributed by atoms with van der Waals surface area (Å²) in [5, 5.41) is 9.81. The first-order chi connectivity index (χ1) is 14.6. The zero-order valence-corrected chi connectivity index (χ0v) is 16.8. The van der Waals surface area contributed by atoms with Crippen molar-refractivity contribution in [3.63, 3.8) is 0 Å². The van der Waals surface area contributed by atoms with Crippen LogP contribution in [0.25, 0.3) is 0 Å². The first-order valence-electron chi connectivity index (χ1n) is 8.73. The fourth-order valence-electron chi connectivity index (χ4n) is 2.78. The van der Waals surface area contributed by atoms with Gasteiger partial charge in [0.25, 0.3) is 5.56 Å². The van der Waals surface area contributed by atoms with Crippen molar-refractivity contribution >= 4 is 29.2 Å². The number of benzene rings is 1. The van der Waals surface area contributed by atoms with Gasteiger partial charge in [-0.25, -0.2) is 0 Å². The Bertz CT molecular complexity index is 1180. The zero-order chi connectivity index (χ0) is 22.8. The number of anilines is 1. The molecule has 0 bridgehead atoms. The highest BCUT2D eigenvalue weighted by Crippen LogP contribution is 2.46. The number of para-hydroxylation sites is 1. The van der Waals surface area contributed by atoms with Crippen LogP contribution in [0.4, 0.5) is 18.9 Å². The molecule has 3 rings (SSSR count). The van der Waals surface area contributed by atoms with E-state index in [4.69, 9.17) is 4.74 Å². The van der Waals surface area contributed by atoms with Crippen LogP contribution in [-0.2, 0) is 27.0 Å². The first kappa shape index (κ1) is 22.2. The monoisotopic (exact) mass is 449 g/mol. The Morgan fingerprint density at radius 2 is 1.90 bits per heavy atom. The Hall–Kier alpha value is -3.52. The van der Waals surface area contributed by atoms with Gasteiger partial charge in [-0.15, -0.1) is 0 Å². The molecular weight excluding hydrogens is 435 g/mol. The van der Waals surface area contributed by atoms with E-state index in [1.54, 1.807) is 11.9 Å². The van der Waals surface area contributed by atoms with E-state index in [-0.39, 0.29) is 5.57 Å². The number of halogens is 3. The minimum absolute atomic E-state index is 0.215. The largest absolute Gasteiger partial charge is 0.456 e. The van der Waals surface area contributed by atoms with Gasteiger partial charge in [0, 0.05) is 24.2 Å². The lowest BCUT2D eigenvalue weighted by Gasteiger charge is -2.14. The lowest BCUT2D eigenvalue weighted by atomic mass is 10.2. The molecule has 0 radical (unpaired) electrons. The number of nitriles is 1. The van der Waals surface area contributed by atoms with Crippen molar-refractivity contribution in [1.29, 1.82) is 5.26 Å². The highest BCUT2D eigenvalue weighted by Gasteiger charge is 2.31. The topological polar surface area (TPSA) is 92.4 Å². The first-order valence-corrected chi connectivity index (χ1v) is 9.55. The van der Waals surface area contributed by atoms with Gasteiger partial charge in [0.2, 0.25) is 5.78 Å². The summed E-state index contributed by atoms with van der Waals surface area (Å²) in [7, 11) is 1.69. The molecule has 0 spiro atoms. The minimum Gasteiger partial charge on any atom is -0.456 e. The maximum atomic E-state index is 12.8. The van der Waals surface area contributed by atoms with Crippen molar-refractivity contribution < 1.29 is 27.5 Å². The molecule has 160 valence electrons. The number of Topliss-reactive ketones (excluding diaryl/α,β-unsaturated/α-hetero) is 1. The third-order valence-corrected chi connectivity index (χ3v) is 5.55. The summed E-state index contributed by atoms with van der Waals surface area (Å²) >= 11 is 1.22. The second-order valence-electron chi connectivity index (χ2n) is 6.39. The van der Waals surface area contributed by atoms with Crippen molar-refractivity contribution in [2.24, 2.45) is 0 Å². The van der Waals surface area contributed by atoms with Gasteiger partial charge in [-0.2, -0.15) is 18.4 Å². The lowest BCUT2D eigenvalue weighted by Crippen LogP contribution is -2.27. The molecule has 0 amide bonds. The number of nitrogens with zero attached hydrogens (tertiary/aromatic N) is 3. The number of hydrogen-bond donors (Lipinski definition) is 0. The quantitative estimate of drug-likeness (QED) is 0.394. The number of hydrogen-bond acceptors (Lipinski definition) is 7. The van der Waals surface area contributed by atoms with Gasteiger partial charge in [0.1, 0.15) is 23.2 Å². The van der Waals surface area contributed by atoms with E-state index < -0.39 is 42.2 Å². The fourth-order valence-corrected chi connectivity index (χ4v) is 3.94. The molecule has 2 heterocycles. The maximum absolute atomic E-state index is 12.8. The molecule has 1 aliphatic rings. The van der Waals surface area contributed by atoms with Crippen LogP contribution in [0.2, 0.25) is 0 Å². The molecule has 0 unspecified atom stereocenters. The summed E-state index contributed by atoms with van der Waals surface area (Å²) in [6, 6.07) is 10.4. The molecule has 2 aromatic rings. The summed E-state index contributed by atoms with van der Waals surface area (Å²) in [4.78, 5) is 38.6. The second kappa shape index (κ2) is 8.69. The van der Waals surface area contributed by atoms with Crippen molar-refractivity contribution in [2.75, 3.05) is 18.6 Å². The standard InChI is InChI=1S/C20H14F3N3O4S/c1-25-14-4-2-3-5-16(14)31-19(25)13(8-24)15(27)11-30-18(29)10-26-9-12(20(21,22)23)6-7-17(26)28/h2-7,9H,10-11H2,1H3/b19-13-. The van der Waals surface area contributed by atoms with Crippen molar-refractivity contribution in [1.82, 2.24) is 4.57 Å². The number of rotatable bonds is 5. The van der Waals surface area contributed by atoms with Crippen molar-refractivity contribution in [3.8, 4) is 6.07 Å². The summed E-state index contributed by atoms with van der Waals surface area (Å²) in [5.74, 6) is -1.86. The van der Waals surface area contributed by atoms with Crippen LogP contribution in [0.1, 0.15) is 5.56 Å². The van der Waals surface area contributed by atoms with E-state index in [1.165, 1.54) is 11.8 Å². The molecule has 1 aromatic heterocycles. The predicted octanol–water partition coefficient (Wildman–Crippen LogP) is 2.96. The Morgan fingerprint density at radius 1 is 1.19 bits per heavy atom. The Balaban J connectivity index is 1.69. The predicted molar refractivity (Wildman–Crippen MR) is 105 cm³/mol. The molecule has 1 aliphatic heterocycles. The van der Waals surface area contributed by atoms with Gasteiger partial charge in [0.15, 0.2) is 6.61 Å². The third-order valence-electron chi connectivity index (χ3n) is 4.32. The maximum Gasteiger partial charge on any atom is 0.417 e. The van der Waals surface area contributed by atoms with E-state index in [2.05, 4.69) is 0 Å². The molecule has 7 nitrogen and oxygen atoms in total. The number of alkyl halides is 3. The average molecular weight is 449 g/mol. The minimum atomic E-state index is -4.69. The normalized spacial score (nSPS) is 14.6. The Morgan fingerprint density at radius 3 is 2.55 bits per heavy atom. The van der Waals surface area contributed by atoms with Crippen LogP contribution < -0.4 is 10.5 Å². The van der Waals surface area contributed by atoms with Crippen molar-refractivity contribution in [2.45, 2.75) is 17.6 Å². The van der Waals surface area contributed by atoms with Gasteiger partial charge in [-0.3, -0.25) is 14.4 Å². The molecule has 11 heteroatoms. The molecular formula is C20H14F3N3O4S. The highest BCUT2D eigenvalue weighted by atomic mass is 32.2. The number of aromatic nitrogens is 1. The zero-order valence-electron chi connectivity index (χ0n) is 16.0. The number of ether oxygens (including phenoxy) is 1. The number of thioether (sulfide) groups is 1. The molecule has 0 saturated heterocycles. The molecule has 0 N–H and O–H groups in total. The van der Waals surface area contributed by atoms with Gasteiger partial charge >= 0.3 is 12.1 Å². The molecule has 0 saturated carbocycles. The number of fused-ring (bicyclic) bond motifs is 1. The number of esters is 1. The van der Waals surface area contributed by atoms with E-state index in [0.29, 0.717) is 27.9 Å². The number of pyridine rings is 1. The van der Waals surface area contributed by atoms with E-state index in [9.17, 15) is 32.8 Å². The van der Waals surface area contributed by atoms with Crippen LogP contribution in [-0.4, -0.2) is 30.0 Å². The molecule has 0 atom stereocenters. The van der Waals surface area contributed by atoms with Crippen LogP contribution in [0.15, 0.2) is 62.9 Å². The lowest BCUT2D eigenvalue weighted by molar-refractivity contribution is -0.148. The number of ketones is 1. The third kappa shape index (κ3) is 4.80.